The number of rotatable bonds is 11. The quantitative estimate of drug-likeness (QED) is 0.103. The van der Waals surface area contributed by atoms with Crippen LogP contribution in [0, 0.1) is 0 Å². The molecule has 0 radical (unpaired) electrons. The summed E-state index contributed by atoms with van der Waals surface area (Å²) in [6.45, 7) is -1.44. The highest BCUT2D eigenvalue weighted by Gasteiger charge is 2.51. The zero-order valence-corrected chi connectivity index (χ0v) is 24.7. The average Bonchev–Trinajstić information content (AvgIpc) is 3.76. The Hall–Kier alpha value is -3.43. The van der Waals surface area contributed by atoms with Gasteiger partial charge in [0.05, 0.1) is 32.0 Å². The number of aromatic amines is 1. The number of alkyl halides is 1. The van der Waals surface area contributed by atoms with Gasteiger partial charge in [-0.2, -0.15) is 4.98 Å². The minimum absolute atomic E-state index is 0.0177. The van der Waals surface area contributed by atoms with Crippen LogP contribution < -0.4 is 17.0 Å². The van der Waals surface area contributed by atoms with Gasteiger partial charge in [-0.25, -0.2) is 28.9 Å². The summed E-state index contributed by atoms with van der Waals surface area (Å²) in [5.74, 6) is -0.145. The lowest BCUT2D eigenvalue weighted by Gasteiger charge is -2.23. The second-order valence-corrected chi connectivity index (χ2v) is 12.5. The van der Waals surface area contributed by atoms with E-state index in [4.69, 9.17) is 34.7 Å². The summed E-state index contributed by atoms with van der Waals surface area (Å²) in [6.07, 6.45) is -6.67. The average molecular weight is 676 g/mol. The molecule has 0 aromatic carbocycles. The molecule has 6 heterocycles. The van der Waals surface area contributed by atoms with E-state index in [0.29, 0.717) is 0 Å². The number of nitrogens with two attached hydrogens (primary N) is 2. The van der Waals surface area contributed by atoms with Crippen LogP contribution in [0.25, 0.3) is 22.3 Å². The third-order valence-corrected chi connectivity index (χ3v) is 8.53. The van der Waals surface area contributed by atoms with E-state index >= 15 is 4.39 Å². The number of phosphoric ester groups is 1. The van der Waals surface area contributed by atoms with E-state index in [2.05, 4.69) is 29.9 Å². The number of ether oxygens (including phenoxy) is 3. The SMILES string of the molecule is Nc1nc2c(ncn2[C@H]2C[C@@H](OC[PH](=O)O)[C@@H](COP(=O)(O)O[C@@H]3[C@H](F)[C@H](n4cnc5c(N)ncnc54)O[C@@H]3CO)O2)c(=O)[nH]1. The molecular formula is C21H27FN10O11P2. The fraction of sp³-hybridized carbons (Fsp3) is 0.524. The molecule has 4 aromatic rings. The van der Waals surface area contributed by atoms with Crippen LogP contribution in [0.5, 0.6) is 0 Å². The summed E-state index contributed by atoms with van der Waals surface area (Å²) in [5, 5.41) is 9.82. The van der Waals surface area contributed by atoms with Crippen LogP contribution in [0.4, 0.5) is 16.2 Å². The van der Waals surface area contributed by atoms with Crippen LogP contribution in [-0.4, -0.2) is 104 Å². The predicted molar refractivity (Wildman–Crippen MR) is 148 cm³/mol. The van der Waals surface area contributed by atoms with Gasteiger partial charge in [0.15, 0.2) is 35.0 Å². The Labute approximate surface area is 250 Å². The lowest BCUT2D eigenvalue weighted by Crippen LogP contribution is -2.34. The Morgan fingerprint density at radius 2 is 1.89 bits per heavy atom. The van der Waals surface area contributed by atoms with Gasteiger partial charge in [0.25, 0.3) is 5.56 Å². The smallest absolute Gasteiger partial charge is 0.394 e. The monoisotopic (exact) mass is 676 g/mol. The van der Waals surface area contributed by atoms with Crippen molar-refractivity contribution >= 4 is 49.9 Å². The number of phosphoric acid groups is 1. The summed E-state index contributed by atoms with van der Waals surface area (Å²) >= 11 is 0. The molecule has 24 heteroatoms. The zero-order valence-electron chi connectivity index (χ0n) is 22.8. The van der Waals surface area contributed by atoms with Crippen LogP contribution in [0.3, 0.4) is 0 Å². The molecular weight excluding hydrogens is 649 g/mol. The molecule has 4 aromatic heterocycles. The van der Waals surface area contributed by atoms with Gasteiger partial charge in [0.1, 0.15) is 42.7 Å². The Balaban J connectivity index is 1.16. The highest BCUT2D eigenvalue weighted by Crippen LogP contribution is 2.50. The minimum Gasteiger partial charge on any atom is -0.394 e. The number of imidazole rings is 2. The van der Waals surface area contributed by atoms with Crippen LogP contribution in [-0.2, 0) is 32.4 Å². The Morgan fingerprint density at radius 3 is 2.64 bits per heavy atom. The second-order valence-electron chi connectivity index (χ2n) is 9.99. The van der Waals surface area contributed by atoms with Crippen molar-refractivity contribution < 1.29 is 51.7 Å². The van der Waals surface area contributed by atoms with Crippen LogP contribution >= 0.6 is 15.9 Å². The number of aliphatic hydroxyl groups excluding tert-OH is 1. The Morgan fingerprint density at radius 1 is 1.13 bits per heavy atom. The highest BCUT2D eigenvalue weighted by atomic mass is 31.2. The normalized spacial score (nSPS) is 29.0. The largest absolute Gasteiger partial charge is 0.472 e. The molecule has 9 atom stereocenters. The molecule has 2 unspecified atom stereocenters. The molecule has 8 N–H and O–H groups in total. The maximum absolute atomic E-state index is 15.7. The van der Waals surface area contributed by atoms with E-state index in [1.54, 1.807) is 0 Å². The van der Waals surface area contributed by atoms with Crippen LogP contribution in [0.15, 0.2) is 23.8 Å². The van der Waals surface area contributed by atoms with E-state index in [9.17, 15) is 28.8 Å². The number of nitrogens with zero attached hydrogens (tertiary/aromatic N) is 7. The molecule has 0 spiro atoms. The van der Waals surface area contributed by atoms with Gasteiger partial charge in [-0.15, -0.1) is 0 Å². The van der Waals surface area contributed by atoms with Gasteiger partial charge in [-0.3, -0.25) is 32.5 Å². The number of anilines is 2. The number of hydrogen-bond acceptors (Lipinski definition) is 16. The van der Waals surface area contributed by atoms with Gasteiger partial charge in [0, 0.05) is 6.42 Å². The number of nitrogen functional groups attached to an aromatic ring is 2. The van der Waals surface area contributed by atoms with E-state index < -0.39 is 84.0 Å². The Bertz CT molecular complexity index is 1840. The van der Waals surface area contributed by atoms with Gasteiger partial charge < -0.3 is 40.6 Å². The highest BCUT2D eigenvalue weighted by molar-refractivity contribution is 7.47. The lowest BCUT2D eigenvalue weighted by atomic mass is 10.1. The first-order valence-electron chi connectivity index (χ1n) is 13.2. The van der Waals surface area contributed by atoms with E-state index in [0.717, 1.165) is 6.33 Å². The molecule has 0 bridgehead atoms. The van der Waals surface area contributed by atoms with Gasteiger partial charge >= 0.3 is 7.82 Å². The maximum Gasteiger partial charge on any atom is 0.472 e. The standard InChI is InChI=1S/C21H27FN10O11P2/c22-12-15(9(2-33)42-20(12)32-6-27-13-16(23)25-4-26-17(13)32)43-45(37,38)40-3-10-8(39-7-44(35)36)1-11(41-10)31-5-28-14-18(31)29-21(24)30-19(14)34/h4-6,8-12,15,20,33,44H,1-3,7H2,(H,35,36)(H,37,38)(H2,23,25,26)(H3,24,29,30,34)/t8-,9-,10-,11-,12+,15+,20-/m1/s1. The fourth-order valence-electron chi connectivity index (χ4n) is 5.13. The number of aliphatic hydroxyl groups is 1. The molecule has 0 saturated carbocycles. The fourth-order valence-corrected chi connectivity index (χ4v) is 6.44. The molecule has 0 amide bonds. The summed E-state index contributed by atoms with van der Waals surface area (Å²) in [4.78, 5) is 54.3. The number of nitrogens with one attached hydrogen (secondary N) is 1. The lowest BCUT2D eigenvalue weighted by molar-refractivity contribution is -0.0617. The van der Waals surface area contributed by atoms with Crippen LogP contribution in [0.1, 0.15) is 18.9 Å². The molecule has 0 aliphatic carbocycles. The van der Waals surface area contributed by atoms with Crippen molar-refractivity contribution in [3.63, 3.8) is 0 Å². The van der Waals surface area contributed by atoms with Crippen molar-refractivity contribution in [3.05, 3.63) is 29.3 Å². The molecule has 2 aliphatic heterocycles. The zero-order chi connectivity index (χ0) is 32.0. The minimum atomic E-state index is -5.07. The number of fused-ring (bicyclic) bond motifs is 2. The molecule has 2 aliphatic rings. The van der Waals surface area contributed by atoms with Crippen LogP contribution in [0.2, 0.25) is 0 Å². The predicted octanol–water partition coefficient (Wildman–Crippen LogP) is -1.05. The Kier molecular flexibility index (Phi) is 8.69. The molecule has 21 nitrogen and oxygen atoms in total. The summed E-state index contributed by atoms with van der Waals surface area (Å²) in [5.41, 5.74) is 11.2. The summed E-state index contributed by atoms with van der Waals surface area (Å²) in [7, 11) is -8.14. The van der Waals surface area contributed by atoms with Crippen molar-refractivity contribution in [2.45, 2.75) is 49.5 Å². The second kappa shape index (κ2) is 12.4. The third-order valence-electron chi connectivity index (χ3n) is 7.13. The molecule has 6 rings (SSSR count). The van der Waals surface area contributed by atoms with Crippen molar-refractivity contribution in [2.75, 3.05) is 31.0 Å². The number of hydrogen-bond donors (Lipinski definition) is 6. The topological polar surface area (TPSA) is 300 Å². The number of aromatic nitrogens is 8. The van der Waals surface area contributed by atoms with Gasteiger partial charge in [-0.05, 0) is 0 Å². The molecule has 45 heavy (non-hydrogen) atoms. The summed E-state index contributed by atoms with van der Waals surface area (Å²) in [6, 6.07) is 0. The van der Waals surface area contributed by atoms with Crippen molar-refractivity contribution in [2.24, 2.45) is 0 Å². The third kappa shape index (κ3) is 6.21. The number of halogens is 1. The molecule has 244 valence electrons. The summed E-state index contributed by atoms with van der Waals surface area (Å²) < 4.78 is 69.8. The van der Waals surface area contributed by atoms with Crippen molar-refractivity contribution in [3.8, 4) is 0 Å². The van der Waals surface area contributed by atoms with Crippen molar-refractivity contribution in [1.29, 1.82) is 0 Å². The maximum atomic E-state index is 15.7. The molecule has 2 fully saturated rings. The van der Waals surface area contributed by atoms with E-state index in [-0.39, 0.29) is 40.5 Å². The van der Waals surface area contributed by atoms with E-state index in [1.165, 1.54) is 21.8 Å². The van der Waals surface area contributed by atoms with E-state index in [1.807, 2.05) is 0 Å². The van der Waals surface area contributed by atoms with Gasteiger partial charge in [0.2, 0.25) is 14.0 Å². The molecule has 2 saturated heterocycles. The van der Waals surface area contributed by atoms with Gasteiger partial charge in [-0.1, -0.05) is 0 Å². The number of H-pyrrole nitrogens is 1. The first-order valence-corrected chi connectivity index (χ1v) is 16.2. The van der Waals surface area contributed by atoms with Crippen molar-refractivity contribution in [1.82, 2.24) is 39.0 Å². The first kappa shape index (κ1) is 31.5. The first-order chi connectivity index (χ1) is 21.5.